The zero-order chi connectivity index (χ0) is 71.2. The van der Waals surface area contributed by atoms with Crippen LogP contribution < -0.4 is 5.46 Å². The van der Waals surface area contributed by atoms with Crippen molar-refractivity contribution in [2.75, 3.05) is 0 Å². The second kappa shape index (κ2) is 26.1. The molecule has 20 aromatic rings. The Morgan fingerprint density at radius 1 is 0.236 bits per heavy atom. The molecule has 21 rings (SSSR count). The van der Waals surface area contributed by atoms with Crippen molar-refractivity contribution in [3.8, 4) is 56.1 Å². The fourth-order valence-corrected chi connectivity index (χ4v) is 16.5. The molecule has 0 aliphatic carbocycles. The summed E-state index contributed by atoms with van der Waals surface area (Å²) in [6, 6.07) is 131. The number of rotatable bonds is 8. The van der Waals surface area contributed by atoms with Crippen molar-refractivity contribution in [2.45, 2.75) is 38.9 Å². The maximum atomic E-state index is 6.34. The molecule has 0 radical (unpaired) electrons. The predicted octanol–water partition coefficient (Wildman–Crippen LogP) is 25.8. The molecule has 1 aliphatic rings. The van der Waals surface area contributed by atoms with Gasteiger partial charge in [0.1, 0.15) is 0 Å². The lowest BCUT2D eigenvalue weighted by Gasteiger charge is -2.32. The van der Waals surface area contributed by atoms with Crippen LogP contribution in [0.4, 0.5) is 0 Å². The van der Waals surface area contributed by atoms with Gasteiger partial charge in [0.15, 0.2) is 0 Å². The van der Waals surface area contributed by atoms with E-state index >= 15 is 0 Å². The molecule has 1 aliphatic heterocycles. The van der Waals surface area contributed by atoms with Crippen LogP contribution in [0.15, 0.2) is 368 Å². The van der Waals surface area contributed by atoms with Gasteiger partial charge in [0.05, 0.1) is 55.3 Å². The molecule has 0 amide bonds. The molecule has 1 fully saturated rings. The van der Waals surface area contributed by atoms with Gasteiger partial charge in [0.2, 0.25) is 0 Å². The average molecular weight is 1430 g/mol. The van der Waals surface area contributed by atoms with Crippen LogP contribution in [-0.4, -0.2) is 36.6 Å². The van der Waals surface area contributed by atoms with E-state index in [0.717, 1.165) is 21.3 Å². The molecule has 16 aromatic carbocycles. The van der Waals surface area contributed by atoms with Crippen molar-refractivity contribution in [3.05, 3.63) is 368 Å². The summed E-state index contributed by atoms with van der Waals surface area (Å²) in [6.45, 7) is 8.38. The van der Waals surface area contributed by atoms with Crippen LogP contribution in [0.3, 0.4) is 0 Å². The monoisotopic (exact) mass is 1430 g/mol. The van der Waals surface area contributed by atoms with Crippen LogP contribution >= 0.6 is 15.9 Å². The van der Waals surface area contributed by atoms with Crippen molar-refractivity contribution in [2.24, 2.45) is 0 Å². The normalized spacial score (nSPS) is 13.4. The molecule has 0 spiro atoms. The quantitative estimate of drug-likeness (QED) is 0.142. The van der Waals surface area contributed by atoms with Gasteiger partial charge >= 0.3 is 7.12 Å². The number of hydrogen-bond donors (Lipinski definition) is 0. The molecular formula is C98H72BBrN4O2. The van der Waals surface area contributed by atoms with Gasteiger partial charge in [0.25, 0.3) is 0 Å². The zero-order valence-electron chi connectivity index (χ0n) is 59.2. The van der Waals surface area contributed by atoms with E-state index < -0.39 is 0 Å². The summed E-state index contributed by atoms with van der Waals surface area (Å²) in [6.07, 6.45) is 0. The highest BCUT2D eigenvalue weighted by atomic mass is 79.9. The Morgan fingerprint density at radius 2 is 0.566 bits per heavy atom. The van der Waals surface area contributed by atoms with E-state index in [-0.39, 0.29) is 18.3 Å². The summed E-state index contributed by atoms with van der Waals surface area (Å²) in [4.78, 5) is 0. The Labute approximate surface area is 624 Å². The lowest BCUT2D eigenvalue weighted by Crippen LogP contribution is -2.41. The van der Waals surface area contributed by atoms with Crippen molar-refractivity contribution < 1.29 is 9.31 Å². The molecule has 1 saturated heterocycles. The minimum atomic E-state index is -0.377. The maximum absolute atomic E-state index is 6.34. The molecule has 4 aromatic heterocycles. The molecule has 6 nitrogen and oxygen atoms in total. The third kappa shape index (κ3) is 11.1. The fraction of sp³-hybridized carbons (Fsp3) is 0.0612. The summed E-state index contributed by atoms with van der Waals surface area (Å²) < 4.78 is 23.3. The largest absolute Gasteiger partial charge is 0.494 e. The minimum Gasteiger partial charge on any atom is -0.399 e. The van der Waals surface area contributed by atoms with Crippen molar-refractivity contribution in [1.82, 2.24) is 18.3 Å². The summed E-state index contributed by atoms with van der Waals surface area (Å²) >= 11 is 3.64. The summed E-state index contributed by atoms with van der Waals surface area (Å²) in [5.41, 5.74) is 22.0. The van der Waals surface area contributed by atoms with Gasteiger partial charge < -0.3 is 27.6 Å². The number of nitrogens with zero attached hydrogens (tertiary/aromatic N) is 4. The first-order valence-electron chi connectivity index (χ1n) is 36.4. The minimum absolute atomic E-state index is 0.363. The Hall–Kier alpha value is -12.3. The van der Waals surface area contributed by atoms with E-state index in [0.29, 0.717) is 0 Å². The molecular weight excluding hydrogens is 1360 g/mol. The Balaban J connectivity index is 0.000000116. The van der Waals surface area contributed by atoms with E-state index in [1.165, 1.54) is 154 Å². The van der Waals surface area contributed by atoms with Crippen LogP contribution in [-0.2, 0) is 9.31 Å². The zero-order valence-corrected chi connectivity index (χ0v) is 60.8. The van der Waals surface area contributed by atoms with E-state index in [9.17, 15) is 0 Å². The molecule has 0 unspecified atom stereocenters. The molecule has 506 valence electrons. The lowest BCUT2D eigenvalue weighted by molar-refractivity contribution is 0.00578. The Morgan fingerprint density at radius 3 is 1.06 bits per heavy atom. The summed E-state index contributed by atoms with van der Waals surface area (Å²) in [7, 11) is -0.377. The molecule has 0 saturated carbocycles. The molecule has 0 N–H and O–H groups in total. The summed E-state index contributed by atoms with van der Waals surface area (Å²) in [5.74, 6) is 0. The van der Waals surface area contributed by atoms with E-state index in [1.807, 2.05) is 0 Å². The van der Waals surface area contributed by atoms with Gasteiger partial charge in [0, 0.05) is 70.3 Å². The van der Waals surface area contributed by atoms with Gasteiger partial charge in [-0.1, -0.05) is 259 Å². The lowest BCUT2D eigenvalue weighted by atomic mass is 9.78. The second-order valence-electron chi connectivity index (χ2n) is 28.7. The first kappa shape index (κ1) is 64.5. The SMILES string of the molecule is Brc1ccc2c(c1)c1c3ccccc3ccc1n2-c1ccccc1.CC1(C)OB(c2ccc3c(c2)c2ccccc2n3-c2cccc(-c3ccccc3)c2)OC1(C)C.c1ccc(-c2cccc(-n3c4ccccc4c4cc(-c5ccc6c(c5)c5c7ccccc7ccc5n6-c5ccccc5)ccc43)c2)cc1. The van der Waals surface area contributed by atoms with Gasteiger partial charge in [-0.3, -0.25) is 0 Å². The standard InChI is InChI=1S/C46H30N2.C30H28BNO2.C22H14BrN/c1-3-12-31(13-4-1)33-15-11-18-37(28-33)48-42-21-10-9-20-39(42)40-29-34(23-25-43(40)48)35-24-26-44-41(30-35)46-38-19-8-7-14-32(38)22-27-45(46)47(44)36-16-5-2-6-17-36;1-29(2)30(3,4)34-31(33-29)23-17-18-28-26(20-23)25-15-8-9-16-27(25)32(28)24-14-10-13-22(19-24)21-11-6-5-7-12-21;23-16-11-13-20-19(14-16)22-18-9-5-4-6-15(18)10-12-21(22)24(20)17-7-2-1-3-8-17/h1-30H;5-20H,1-4H3;1-14H. The topological polar surface area (TPSA) is 38.2 Å². The molecule has 106 heavy (non-hydrogen) atoms. The molecule has 0 bridgehead atoms. The average Bonchev–Trinajstić information content (AvgIpc) is 1.57. The smallest absolute Gasteiger partial charge is 0.399 e. The number of aromatic nitrogens is 4. The highest BCUT2D eigenvalue weighted by Gasteiger charge is 2.52. The fourth-order valence-electron chi connectivity index (χ4n) is 16.2. The first-order valence-corrected chi connectivity index (χ1v) is 37.2. The van der Waals surface area contributed by atoms with E-state index in [4.69, 9.17) is 9.31 Å². The number of halogens is 1. The van der Waals surface area contributed by atoms with Crippen LogP contribution in [0.25, 0.3) is 165 Å². The van der Waals surface area contributed by atoms with Gasteiger partial charge in [-0.15, -0.1) is 0 Å². The van der Waals surface area contributed by atoms with Crippen molar-refractivity contribution in [3.63, 3.8) is 0 Å². The summed E-state index contributed by atoms with van der Waals surface area (Å²) in [5, 5.41) is 15.2. The molecule has 0 atom stereocenters. The highest BCUT2D eigenvalue weighted by molar-refractivity contribution is 9.10. The van der Waals surface area contributed by atoms with Gasteiger partial charge in [-0.25, -0.2) is 0 Å². The number of fused-ring (bicyclic) bond motifs is 16. The third-order valence-electron chi connectivity index (χ3n) is 22.0. The van der Waals surface area contributed by atoms with Crippen LogP contribution in [0.2, 0.25) is 0 Å². The molecule has 8 heteroatoms. The number of para-hydroxylation sites is 4. The highest BCUT2D eigenvalue weighted by Crippen LogP contribution is 2.44. The predicted molar refractivity (Wildman–Crippen MR) is 451 cm³/mol. The van der Waals surface area contributed by atoms with Crippen LogP contribution in [0, 0.1) is 0 Å². The Bertz CT molecular complexity index is 6780. The van der Waals surface area contributed by atoms with Crippen LogP contribution in [0.1, 0.15) is 27.7 Å². The molecule has 5 heterocycles. The second-order valence-corrected chi connectivity index (χ2v) is 29.6. The van der Waals surface area contributed by atoms with E-state index in [2.05, 4.69) is 426 Å². The number of benzene rings is 16. The van der Waals surface area contributed by atoms with E-state index in [1.54, 1.807) is 0 Å². The number of hydrogen-bond acceptors (Lipinski definition) is 2. The Kier molecular flexibility index (Phi) is 15.9. The third-order valence-corrected chi connectivity index (χ3v) is 22.4. The maximum Gasteiger partial charge on any atom is 0.494 e. The van der Waals surface area contributed by atoms with Crippen molar-refractivity contribution in [1.29, 1.82) is 0 Å². The van der Waals surface area contributed by atoms with Crippen molar-refractivity contribution >= 4 is 137 Å². The first-order chi connectivity index (χ1) is 52.0. The van der Waals surface area contributed by atoms with Gasteiger partial charge in [-0.05, 0) is 209 Å². The van der Waals surface area contributed by atoms with Gasteiger partial charge in [-0.2, -0.15) is 0 Å². The van der Waals surface area contributed by atoms with Crippen LogP contribution in [0.5, 0.6) is 0 Å².